The Morgan fingerprint density at radius 3 is 2.75 bits per heavy atom. The molecule has 16 heavy (non-hydrogen) atoms. The highest BCUT2D eigenvalue weighted by atomic mass is 79.9. The molecule has 1 aliphatic heterocycles. The van der Waals surface area contributed by atoms with Crippen molar-refractivity contribution >= 4 is 26.0 Å². The number of hydrogen-bond donors (Lipinski definition) is 0. The zero-order valence-electron chi connectivity index (χ0n) is 9.86. The molecule has 0 aromatic rings. The van der Waals surface area contributed by atoms with Gasteiger partial charge in [0.05, 0.1) is 25.0 Å². The van der Waals surface area contributed by atoms with Gasteiger partial charge in [-0.15, -0.1) is 0 Å². The Morgan fingerprint density at radius 1 is 1.50 bits per heavy atom. The van der Waals surface area contributed by atoms with E-state index < -0.39 is 10.0 Å². The summed E-state index contributed by atoms with van der Waals surface area (Å²) in [5.41, 5.74) is 0. The van der Waals surface area contributed by atoms with Gasteiger partial charge in [0.2, 0.25) is 10.0 Å². The molecular formula is C10H20BrNO3S. The lowest BCUT2D eigenvalue weighted by molar-refractivity contribution is 0.0413. The standard InChI is InChI=1S/C10H20BrNO3S/c1-9(2)3-6-16(13,14)12-4-5-15-8-10(12)7-11/h9-10H,3-8H2,1-2H3. The van der Waals surface area contributed by atoms with Gasteiger partial charge in [-0.1, -0.05) is 29.8 Å². The van der Waals surface area contributed by atoms with E-state index in [4.69, 9.17) is 4.74 Å². The smallest absolute Gasteiger partial charge is 0.214 e. The van der Waals surface area contributed by atoms with Crippen LogP contribution in [-0.4, -0.2) is 49.6 Å². The molecule has 1 saturated heterocycles. The minimum absolute atomic E-state index is 0.0501. The molecule has 0 saturated carbocycles. The maximum Gasteiger partial charge on any atom is 0.214 e. The van der Waals surface area contributed by atoms with Gasteiger partial charge in [0.1, 0.15) is 0 Å². The minimum Gasteiger partial charge on any atom is -0.378 e. The van der Waals surface area contributed by atoms with E-state index >= 15 is 0 Å². The number of rotatable bonds is 5. The average Bonchev–Trinajstić information content (AvgIpc) is 2.26. The third kappa shape index (κ3) is 3.98. The summed E-state index contributed by atoms with van der Waals surface area (Å²) >= 11 is 3.34. The summed E-state index contributed by atoms with van der Waals surface area (Å²) < 4.78 is 31.1. The highest BCUT2D eigenvalue weighted by Crippen LogP contribution is 2.16. The quantitative estimate of drug-likeness (QED) is 0.722. The Morgan fingerprint density at radius 2 is 2.19 bits per heavy atom. The first-order chi connectivity index (χ1) is 7.47. The predicted octanol–water partition coefficient (Wildman–Crippen LogP) is 1.46. The van der Waals surface area contributed by atoms with E-state index in [-0.39, 0.29) is 11.8 Å². The fraction of sp³-hybridized carbons (Fsp3) is 1.00. The summed E-state index contributed by atoms with van der Waals surface area (Å²) in [7, 11) is -3.12. The number of alkyl halides is 1. The molecule has 6 heteroatoms. The lowest BCUT2D eigenvalue weighted by atomic mass is 10.2. The number of nitrogens with zero attached hydrogens (tertiary/aromatic N) is 1. The molecular weight excluding hydrogens is 294 g/mol. The first-order valence-electron chi connectivity index (χ1n) is 5.60. The summed E-state index contributed by atoms with van der Waals surface area (Å²) in [6, 6.07) is -0.0501. The van der Waals surface area contributed by atoms with Crippen LogP contribution in [-0.2, 0) is 14.8 Å². The van der Waals surface area contributed by atoms with E-state index in [1.807, 2.05) is 13.8 Å². The molecule has 0 aliphatic carbocycles. The second-order valence-corrected chi connectivity index (χ2v) is 7.18. The van der Waals surface area contributed by atoms with Crippen LogP contribution < -0.4 is 0 Å². The summed E-state index contributed by atoms with van der Waals surface area (Å²) in [5.74, 6) is 0.659. The van der Waals surface area contributed by atoms with Crippen LogP contribution in [0.4, 0.5) is 0 Å². The monoisotopic (exact) mass is 313 g/mol. The molecule has 1 atom stereocenters. The zero-order chi connectivity index (χ0) is 12.2. The molecule has 4 nitrogen and oxygen atoms in total. The van der Waals surface area contributed by atoms with Crippen molar-refractivity contribution in [3.05, 3.63) is 0 Å². The van der Waals surface area contributed by atoms with Gasteiger partial charge in [0, 0.05) is 11.9 Å². The largest absolute Gasteiger partial charge is 0.378 e. The number of sulfonamides is 1. The summed E-state index contributed by atoms with van der Waals surface area (Å²) in [4.78, 5) is 0. The topological polar surface area (TPSA) is 46.6 Å². The van der Waals surface area contributed by atoms with Crippen molar-refractivity contribution in [2.24, 2.45) is 5.92 Å². The molecule has 0 aromatic heterocycles. The molecule has 1 heterocycles. The Balaban J connectivity index is 2.64. The summed E-state index contributed by atoms with van der Waals surface area (Å²) in [5, 5.41) is 0.633. The molecule has 1 aliphatic rings. The molecule has 1 rings (SSSR count). The van der Waals surface area contributed by atoms with Crippen molar-refractivity contribution in [3.8, 4) is 0 Å². The fourth-order valence-electron chi connectivity index (χ4n) is 1.63. The van der Waals surface area contributed by atoms with E-state index in [0.717, 1.165) is 0 Å². The van der Waals surface area contributed by atoms with Crippen LogP contribution in [0.2, 0.25) is 0 Å². The predicted molar refractivity (Wildman–Crippen MR) is 68.3 cm³/mol. The third-order valence-corrected chi connectivity index (χ3v) is 5.36. The van der Waals surface area contributed by atoms with Gasteiger partial charge in [0.15, 0.2) is 0 Å². The van der Waals surface area contributed by atoms with Crippen LogP contribution in [0.25, 0.3) is 0 Å². The van der Waals surface area contributed by atoms with Gasteiger partial charge in [-0.25, -0.2) is 8.42 Å². The maximum atomic E-state index is 12.1. The van der Waals surface area contributed by atoms with Crippen LogP contribution >= 0.6 is 15.9 Å². The summed E-state index contributed by atoms with van der Waals surface area (Å²) in [6.45, 7) is 5.56. The lowest BCUT2D eigenvalue weighted by Gasteiger charge is -2.33. The Bertz CT molecular complexity index is 305. The van der Waals surface area contributed by atoms with E-state index in [1.165, 1.54) is 0 Å². The van der Waals surface area contributed by atoms with Crippen molar-refractivity contribution in [2.45, 2.75) is 26.3 Å². The first kappa shape index (κ1) is 14.4. The highest BCUT2D eigenvalue weighted by molar-refractivity contribution is 9.09. The molecule has 0 aromatic carbocycles. The Hall–Kier alpha value is 0.350. The van der Waals surface area contributed by atoms with Gasteiger partial charge >= 0.3 is 0 Å². The van der Waals surface area contributed by atoms with Crippen molar-refractivity contribution in [2.75, 3.05) is 30.8 Å². The van der Waals surface area contributed by atoms with Crippen molar-refractivity contribution in [1.82, 2.24) is 4.31 Å². The second-order valence-electron chi connectivity index (χ2n) is 4.49. The average molecular weight is 314 g/mol. The van der Waals surface area contributed by atoms with Crippen molar-refractivity contribution in [1.29, 1.82) is 0 Å². The van der Waals surface area contributed by atoms with E-state index in [9.17, 15) is 8.42 Å². The number of morpholine rings is 1. The van der Waals surface area contributed by atoms with E-state index in [0.29, 0.717) is 37.4 Å². The van der Waals surface area contributed by atoms with Gasteiger partial charge in [-0.2, -0.15) is 4.31 Å². The highest BCUT2D eigenvalue weighted by Gasteiger charge is 2.31. The fourth-order valence-corrected chi connectivity index (χ4v) is 4.30. The van der Waals surface area contributed by atoms with Crippen LogP contribution in [0.3, 0.4) is 0 Å². The van der Waals surface area contributed by atoms with Crippen LogP contribution in [0.1, 0.15) is 20.3 Å². The van der Waals surface area contributed by atoms with E-state index in [2.05, 4.69) is 15.9 Å². The normalized spacial score (nSPS) is 23.9. The molecule has 0 bridgehead atoms. The lowest BCUT2D eigenvalue weighted by Crippen LogP contribution is -2.50. The molecule has 1 fully saturated rings. The van der Waals surface area contributed by atoms with Crippen molar-refractivity contribution < 1.29 is 13.2 Å². The molecule has 0 N–H and O–H groups in total. The molecule has 96 valence electrons. The van der Waals surface area contributed by atoms with Gasteiger partial charge in [-0.05, 0) is 12.3 Å². The first-order valence-corrected chi connectivity index (χ1v) is 8.33. The van der Waals surface area contributed by atoms with E-state index in [1.54, 1.807) is 4.31 Å². The molecule has 0 radical (unpaired) electrons. The third-order valence-electron chi connectivity index (χ3n) is 2.66. The molecule has 0 amide bonds. The Labute approximate surface area is 107 Å². The maximum absolute atomic E-state index is 12.1. The minimum atomic E-state index is -3.12. The van der Waals surface area contributed by atoms with Crippen LogP contribution in [0, 0.1) is 5.92 Å². The summed E-state index contributed by atoms with van der Waals surface area (Å²) in [6.07, 6.45) is 0.717. The van der Waals surface area contributed by atoms with Crippen LogP contribution in [0.15, 0.2) is 0 Å². The van der Waals surface area contributed by atoms with Crippen molar-refractivity contribution in [3.63, 3.8) is 0 Å². The SMILES string of the molecule is CC(C)CCS(=O)(=O)N1CCOCC1CBr. The van der Waals surface area contributed by atoms with Crippen LogP contribution in [0.5, 0.6) is 0 Å². The van der Waals surface area contributed by atoms with Gasteiger partial charge in [-0.3, -0.25) is 0 Å². The number of ether oxygens (including phenoxy) is 1. The van der Waals surface area contributed by atoms with Gasteiger partial charge < -0.3 is 4.74 Å². The number of halogens is 1. The zero-order valence-corrected chi connectivity index (χ0v) is 12.3. The number of hydrogen-bond acceptors (Lipinski definition) is 3. The molecule has 0 spiro atoms. The molecule has 1 unspecified atom stereocenters. The second kappa shape index (κ2) is 6.33. The Kier molecular flexibility index (Phi) is 5.70. The van der Waals surface area contributed by atoms with Gasteiger partial charge in [0.25, 0.3) is 0 Å².